The third-order valence-electron chi connectivity index (χ3n) is 5.52. The number of hydrogen-bond donors (Lipinski definition) is 1. The molecule has 4 rings (SSSR count). The van der Waals surface area contributed by atoms with E-state index >= 15 is 0 Å². The van der Waals surface area contributed by atoms with Crippen molar-refractivity contribution in [2.24, 2.45) is 7.05 Å². The number of fused-ring (bicyclic) bond motifs is 2. The Morgan fingerprint density at radius 1 is 1.27 bits per heavy atom. The molecule has 0 saturated carbocycles. The summed E-state index contributed by atoms with van der Waals surface area (Å²) >= 11 is 0. The van der Waals surface area contributed by atoms with Gasteiger partial charge in [0, 0.05) is 45.0 Å². The number of likely N-dealkylation sites (tertiary alicyclic amines) is 1. The predicted molar refractivity (Wildman–Crippen MR) is 93.9 cm³/mol. The van der Waals surface area contributed by atoms with E-state index in [0.717, 1.165) is 11.4 Å². The fourth-order valence-corrected chi connectivity index (χ4v) is 5.58. The van der Waals surface area contributed by atoms with E-state index in [1.165, 1.54) is 6.26 Å². The Morgan fingerprint density at radius 3 is 2.62 bits per heavy atom. The number of amides is 1. The van der Waals surface area contributed by atoms with Crippen molar-refractivity contribution in [3.8, 4) is 0 Å². The lowest BCUT2D eigenvalue weighted by Gasteiger charge is -2.49. The van der Waals surface area contributed by atoms with Crippen molar-refractivity contribution in [1.82, 2.24) is 29.0 Å². The van der Waals surface area contributed by atoms with Crippen LogP contribution in [0.4, 0.5) is 0 Å². The quantitative estimate of drug-likeness (QED) is 0.798. The lowest BCUT2D eigenvalue weighted by Crippen LogP contribution is -2.58. The van der Waals surface area contributed by atoms with E-state index in [1.807, 2.05) is 0 Å². The first-order valence-electron chi connectivity index (χ1n) is 8.61. The molecule has 0 aromatic carbocycles. The number of aryl methyl sites for hydroxylation is 1. The highest BCUT2D eigenvalue weighted by Crippen LogP contribution is 2.43. The molecule has 2 aliphatic rings. The number of piperidine rings is 1. The van der Waals surface area contributed by atoms with Crippen molar-refractivity contribution < 1.29 is 13.2 Å². The largest absolute Gasteiger partial charge is 0.348 e. The highest BCUT2D eigenvalue weighted by atomic mass is 32.2. The van der Waals surface area contributed by atoms with Crippen molar-refractivity contribution in [1.29, 1.82) is 0 Å². The molecular formula is C16H22N6O3S. The van der Waals surface area contributed by atoms with Gasteiger partial charge in [0.25, 0.3) is 5.91 Å². The first-order valence-corrected chi connectivity index (χ1v) is 10.5. The van der Waals surface area contributed by atoms with Gasteiger partial charge >= 0.3 is 0 Å². The molecule has 0 atom stereocenters. The molecule has 1 N–H and O–H groups in total. The van der Waals surface area contributed by atoms with E-state index in [-0.39, 0.29) is 5.91 Å². The summed E-state index contributed by atoms with van der Waals surface area (Å²) in [4.78, 5) is 22.1. The lowest BCUT2D eigenvalue weighted by atomic mass is 9.80. The van der Waals surface area contributed by atoms with Gasteiger partial charge in [-0.05, 0) is 18.9 Å². The second-order valence-corrected chi connectivity index (χ2v) is 8.89. The summed E-state index contributed by atoms with van der Waals surface area (Å²) in [6.07, 6.45) is 6.16. The molecule has 2 aromatic rings. The Morgan fingerprint density at radius 2 is 2.00 bits per heavy atom. The van der Waals surface area contributed by atoms with Crippen LogP contribution in [-0.4, -0.2) is 69.2 Å². The molecule has 2 aromatic heterocycles. The second kappa shape index (κ2) is 5.92. The summed E-state index contributed by atoms with van der Waals surface area (Å²) in [6, 6.07) is 1.70. The van der Waals surface area contributed by atoms with Crippen LogP contribution >= 0.6 is 0 Å². The summed E-state index contributed by atoms with van der Waals surface area (Å²) in [5.74, 6) is -0.0798. The first kappa shape index (κ1) is 17.2. The second-order valence-electron chi connectivity index (χ2n) is 6.98. The van der Waals surface area contributed by atoms with Gasteiger partial charge in [0.15, 0.2) is 0 Å². The fourth-order valence-electron chi connectivity index (χ4n) is 4.25. The van der Waals surface area contributed by atoms with Crippen LogP contribution in [0.15, 0.2) is 18.6 Å². The average Bonchev–Trinajstić information content (AvgIpc) is 3.23. The van der Waals surface area contributed by atoms with Gasteiger partial charge in [0.1, 0.15) is 5.69 Å². The number of sulfonamides is 1. The van der Waals surface area contributed by atoms with Crippen LogP contribution in [0.25, 0.3) is 0 Å². The maximum Gasteiger partial charge on any atom is 0.272 e. The summed E-state index contributed by atoms with van der Waals surface area (Å²) in [7, 11) is -1.64. The van der Waals surface area contributed by atoms with Crippen LogP contribution in [-0.2, 0) is 29.0 Å². The maximum atomic E-state index is 12.7. The van der Waals surface area contributed by atoms with E-state index in [1.54, 1.807) is 39.5 Å². The maximum absolute atomic E-state index is 12.7. The van der Waals surface area contributed by atoms with E-state index in [2.05, 4.69) is 15.1 Å². The van der Waals surface area contributed by atoms with Crippen LogP contribution < -0.4 is 0 Å². The molecule has 4 heterocycles. The molecule has 0 unspecified atom stereocenters. The van der Waals surface area contributed by atoms with Gasteiger partial charge in [-0.25, -0.2) is 13.4 Å². The van der Waals surface area contributed by atoms with Gasteiger partial charge in [-0.1, -0.05) is 0 Å². The number of hydrogen-bond acceptors (Lipinski definition) is 5. The van der Waals surface area contributed by atoms with Gasteiger partial charge in [-0.3, -0.25) is 9.48 Å². The van der Waals surface area contributed by atoms with Crippen molar-refractivity contribution >= 4 is 15.9 Å². The molecule has 26 heavy (non-hydrogen) atoms. The van der Waals surface area contributed by atoms with Crippen LogP contribution in [0.3, 0.4) is 0 Å². The highest BCUT2D eigenvalue weighted by Gasteiger charge is 2.50. The summed E-state index contributed by atoms with van der Waals surface area (Å²) in [5, 5.41) is 4.05. The molecule has 1 saturated heterocycles. The highest BCUT2D eigenvalue weighted by molar-refractivity contribution is 7.88. The number of imidazole rings is 1. The van der Waals surface area contributed by atoms with Crippen molar-refractivity contribution in [2.75, 3.05) is 25.9 Å². The standard InChI is InChI=1S/C16H22N6O3S/c1-20-13(3-7-19-20)15(23)21-9-5-16(6-10-21)14-12(17-11-18-14)4-8-22(16)26(2,24)25/h3,7,11H,4-6,8-10H2,1-2H3,(H,17,18). The average molecular weight is 378 g/mol. The Balaban J connectivity index is 1.64. The van der Waals surface area contributed by atoms with E-state index in [0.29, 0.717) is 44.6 Å². The normalized spacial score (nSPS) is 20.3. The van der Waals surface area contributed by atoms with Gasteiger partial charge in [0.05, 0.1) is 23.8 Å². The molecule has 0 bridgehead atoms. The van der Waals surface area contributed by atoms with Crippen LogP contribution in [0.1, 0.15) is 34.7 Å². The SMILES string of the molecule is Cn1nccc1C(=O)N1CCC2(CC1)c1nc[nH]c1CCN2S(C)(=O)=O. The minimum atomic E-state index is -3.38. The van der Waals surface area contributed by atoms with Crippen molar-refractivity contribution in [3.63, 3.8) is 0 Å². The Hall–Kier alpha value is -2.20. The fraction of sp³-hybridized carbons (Fsp3) is 0.562. The Kier molecular flexibility index (Phi) is 3.92. The zero-order valence-electron chi connectivity index (χ0n) is 14.8. The number of carbonyl (C=O) groups is 1. The first-order chi connectivity index (χ1) is 12.3. The summed E-state index contributed by atoms with van der Waals surface area (Å²) in [6.45, 7) is 1.38. The molecule has 9 nitrogen and oxygen atoms in total. The molecule has 1 amide bonds. The van der Waals surface area contributed by atoms with Gasteiger partial charge in [-0.2, -0.15) is 9.40 Å². The topological polar surface area (TPSA) is 104 Å². The van der Waals surface area contributed by atoms with E-state index in [4.69, 9.17) is 0 Å². The number of nitrogens with one attached hydrogen (secondary N) is 1. The zero-order chi connectivity index (χ0) is 18.5. The Bertz CT molecular complexity index is 939. The zero-order valence-corrected chi connectivity index (χ0v) is 15.7. The minimum absolute atomic E-state index is 0.0798. The smallest absolute Gasteiger partial charge is 0.272 e. The third kappa shape index (κ3) is 2.55. The Labute approximate surface area is 152 Å². The molecular weight excluding hydrogens is 356 g/mol. The van der Waals surface area contributed by atoms with Crippen molar-refractivity contribution in [3.05, 3.63) is 35.7 Å². The number of aromatic amines is 1. The number of nitrogens with zero attached hydrogens (tertiary/aromatic N) is 5. The third-order valence-corrected chi connectivity index (χ3v) is 6.85. The van der Waals surface area contributed by atoms with Crippen LogP contribution in [0.2, 0.25) is 0 Å². The van der Waals surface area contributed by atoms with Gasteiger partial charge in [0.2, 0.25) is 10.0 Å². The monoisotopic (exact) mass is 378 g/mol. The van der Waals surface area contributed by atoms with Crippen molar-refractivity contribution in [2.45, 2.75) is 24.8 Å². The molecule has 10 heteroatoms. The molecule has 1 spiro atoms. The molecule has 140 valence electrons. The van der Waals surface area contributed by atoms with E-state index in [9.17, 15) is 13.2 Å². The number of aromatic nitrogens is 4. The van der Waals surface area contributed by atoms with E-state index < -0.39 is 15.6 Å². The number of H-pyrrole nitrogens is 1. The summed E-state index contributed by atoms with van der Waals surface area (Å²) < 4.78 is 28.0. The predicted octanol–water partition coefficient (Wildman–Crippen LogP) is 0.0924. The van der Waals surface area contributed by atoms with Gasteiger partial charge < -0.3 is 9.88 Å². The molecule has 0 radical (unpaired) electrons. The molecule has 1 fully saturated rings. The lowest BCUT2D eigenvalue weighted by molar-refractivity contribution is 0.0454. The number of rotatable bonds is 2. The van der Waals surface area contributed by atoms with Crippen LogP contribution in [0, 0.1) is 0 Å². The molecule has 0 aliphatic carbocycles. The number of carbonyl (C=O) groups excluding carboxylic acids is 1. The van der Waals surface area contributed by atoms with Gasteiger partial charge in [-0.15, -0.1) is 0 Å². The molecule has 2 aliphatic heterocycles. The minimum Gasteiger partial charge on any atom is -0.348 e. The summed E-state index contributed by atoms with van der Waals surface area (Å²) in [5.41, 5.74) is 1.66. The van der Waals surface area contributed by atoms with Crippen LogP contribution in [0.5, 0.6) is 0 Å².